The van der Waals surface area contributed by atoms with Crippen molar-refractivity contribution in [2.75, 3.05) is 11.5 Å². The Labute approximate surface area is 125 Å². The third kappa shape index (κ3) is 4.19. The second kappa shape index (κ2) is 5.81. The zero-order valence-corrected chi connectivity index (χ0v) is 13.2. The van der Waals surface area contributed by atoms with Gasteiger partial charge in [0.2, 0.25) is 0 Å². The zero-order valence-electron chi connectivity index (χ0n) is 10.0. The van der Waals surface area contributed by atoms with E-state index in [1.165, 1.54) is 0 Å². The lowest BCUT2D eigenvalue weighted by Crippen LogP contribution is -2.40. The molecule has 0 aromatic heterocycles. The summed E-state index contributed by atoms with van der Waals surface area (Å²) in [5.41, 5.74) is 0.466. The van der Waals surface area contributed by atoms with Crippen LogP contribution in [0, 0.1) is 0 Å². The third-order valence-electron chi connectivity index (χ3n) is 3.01. The molecule has 7 heteroatoms. The van der Waals surface area contributed by atoms with Crippen molar-refractivity contribution >= 4 is 43.3 Å². The van der Waals surface area contributed by atoms with E-state index in [1.807, 2.05) is 0 Å². The summed E-state index contributed by atoms with van der Waals surface area (Å²) in [7, 11) is -2.91. The molecule has 0 spiro atoms. The maximum absolute atomic E-state index is 12.0. The maximum atomic E-state index is 12.0. The number of rotatable bonds is 2. The number of hydrogen-bond acceptors (Lipinski definition) is 3. The molecule has 1 heterocycles. The molecule has 104 valence electrons. The first-order valence-electron chi connectivity index (χ1n) is 5.83. The van der Waals surface area contributed by atoms with Crippen LogP contribution < -0.4 is 5.32 Å². The van der Waals surface area contributed by atoms with Crippen LogP contribution in [0.15, 0.2) is 22.7 Å². The molecule has 1 aromatic rings. The van der Waals surface area contributed by atoms with Gasteiger partial charge in [-0.2, -0.15) is 0 Å². The Morgan fingerprint density at radius 3 is 2.47 bits per heavy atom. The van der Waals surface area contributed by atoms with Gasteiger partial charge in [0.15, 0.2) is 0 Å². The Kier molecular flexibility index (Phi) is 4.53. The van der Waals surface area contributed by atoms with E-state index >= 15 is 0 Å². The molecule has 0 bridgehead atoms. The molecule has 1 saturated heterocycles. The van der Waals surface area contributed by atoms with Gasteiger partial charge in [0.05, 0.1) is 11.5 Å². The summed E-state index contributed by atoms with van der Waals surface area (Å²) in [6.45, 7) is 0. The van der Waals surface area contributed by atoms with Crippen molar-refractivity contribution in [2.45, 2.75) is 18.9 Å². The summed E-state index contributed by atoms with van der Waals surface area (Å²) < 4.78 is 23.3. The number of benzene rings is 1. The highest BCUT2D eigenvalue weighted by atomic mass is 79.9. The van der Waals surface area contributed by atoms with Crippen LogP contribution in [-0.4, -0.2) is 31.9 Å². The predicted octanol–water partition coefficient (Wildman–Crippen LogP) is 2.41. The quantitative estimate of drug-likeness (QED) is 0.874. The van der Waals surface area contributed by atoms with Crippen LogP contribution in [0.4, 0.5) is 0 Å². The highest BCUT2D eigenvalue weighted by Crippen LogP contribution is 2.20. The summed E-state index contributed by atoms with van der Waals surface area (Å²) >= 11 is 9.16. The van der Waals surface area contributed by atoms with Crippen LogP contribution >= 0.6 is 27.5 Å². The number of carbonyl (C=O) groups excluding carboxylic acids is 1. The van der Waals surface area contributed by atoms with Crippen LogP contribution in [0.25, 0.3) is 0 Å². The second-order valence-electron chi connectivity index (χ2n) is 4.56. The van der Waals surface area contributed by atoms with Crippen molar-refractivity contribution in [1.29, 1.82) is 0 Å². The second-order valence-corrected chi connectivity index (χ2v) is 8.21. The number of carbonyl (C=O) groups is 1. The van der Waals surface area contributed by atoms with Crippen molar-refractivity contribution < 1.29 is 13.2 Å². The SMILES string of the molecule is O=C(NC1CCS(=O)(=O)CC1)c1cc(Cl)cc(Br)c1. The molecule has 0 radical (unpaired) electrons. The molecule has 1 aliphatic heterocycles. The van der Waals surface area contributed by atoms with Gasteiger partial charge < -0.3 is 5.32 Å². The molecule has 1 aliphatic rings. The molecule has 4 nitrogen and oxygen atoms in total. The van der Waals surface area contributed by atoms with Gasteiger partial charge in [-0.1, -0.05) is 27.5 Å². The molecule has 1 aromatic carbocycles. The summed E-state index contributed by atoms with van der Waals surface area (Å²) in [5, 5.41) is 3.32. The van der Waals surface area contributed by atoms with E-state index in [0.717, 1.165) is 4.47 Å². The van der Waals surface area contributed by atoms with Gasteiger partial charge >= 0.3 is 0 Å². The van der Waals surface area contributed by atoms with Gasteiger partial charge in [-0.05, 0) is 31.0 Å². The van der Waals surface area contributed by atoms with Crippen molar-refractivity contribution in [3.8, 4) is 0 Å². The van der Waals surface area contributed by atoms with E-state index in [0.29, 0.717) is 23.4 Å². The van der Waals surface area contributed by atoms with Crippen molar-refractivity contribution in [3.05, 3.63) is 33.3 Å². The average molecular weight is 367 g/mol. The van der Waals surface area contributed by atoms with Crippen molar-refractivity contribution in [3.63, 3.8) is 0 Å². The van der Waals surface area contributed by atoms with Gasteiger partial charge in [0.1, 0.15) is 9.84 Å². The predicted molar refractivity (Wildman–Crippen MR) is 78.3 cm³/mol. The molecule has 19 heavy (non-hydrogen) atoms. The van der Waals surface area contributed by atoms with E-state index in [9.17, 15) is 13.2 Å². The Morgan fingerprint density at radius 2 is 1.89 bits per heavy atom. The van der Waals surface area contributed by atoms with Gasteiger partial charge in [-0.25, -0.2) is 8.42 Å². The van der Waals surface area contributed by atoms with Crippen LogP contribution in [0.5, 0.6) is 0 Å². The van der Waals surface area contributed by atoms with Crippen LogP contribution in [-0.2, 0) is 9.84 Å². The van der Waals surface area contributed by atoms with Crippen molar-refractivity contribution in [1.82, 2.24) is 5.32 Å². The highest BCUT2D eigenvalue weighted by molar-refractivity contribution is 9.10. The first kappa shape index (κ1) is 14.8. The summed E-state index contributed by atoms with van der Waals surface area (Å²) in [6, 6.07) is 4.88. The van der Waals surface area contributed by atoms with E-state index in [4.69, 9.17) is 11.6 Å². The monoisotopic (exact) mass is 365 g/mol. The average Bonchev–Trinajstić information content (AvgIpc) is 2.30. The van der Waals surface area contributed by atoms with Gasteiger partial charge in [0.25, 0.3) is 5.91 Å². The first-order chi connectivity index (χ1) is 8.85. The Bertz CT molecular complexity index is 569. The smallest absolute Gasteiger partial charge is 0.251 e. The summed E-state index contributed by atoms with van der Waals surface area (Å²) in [5.74, 6) is 0.0430. The molecular formula is C12H13BrClNO3S. The summed E-state index contributed by atoms with van der Waals surface area (Å²) in [4.78, 5) is 12.0. The number of halogens is 2. The fraction of sp³-hybridized carbons (Fsp3) is 0.417. The number of sulfone groups is 1. The van der Waals surface area contributed by atoms with E-state index in [1.54, 1.807) is 18.2 Å². The highest BCUT2D eigenvalue weighted by Gasteiger charge is 2.25. The van der Waals surface area contributed by atoms with E-state index in [2.05, 4.69) is 21.2 Å². The van der Waals surface area contributed by atoms with Crippen LogP contribution in [0.2, 0.25) is 5.02 Å². The minimum Gasteiger partial charge on any atom is -0.349 e. The van der Waals surface area contributed by atoms with Crippen LogP contribution in [0.3, 0.4) is 0 Å². The molecular weight excluding hydrogens is 354 g/mol. The molecule has 0 atom stereocenters. The van der Waals surface area contributed by atoms with Gasteiger partial charge in [-0.3, -0.25) is 4.79 Å². The molecule has 0 unspecified atom stereocenters. The first-order valence-corrected chi connectivity index (χ1v) is 8.82. The number of hydrogen-bond donors (Lipinski definition) is 1. The van der Waals surface area contributed by atoms with E-state index < -0.39 is 9.84 Å². The Hall–Kier alpha value is -0.590. The van der Waals surface area contributed by atoms with Gasteiger partial charge in [0, 0.05) is 21.1 Å². The normalized spacial score (nSPS) is 19.1. The zero-order chi connectivity index (χ0) is 14.0. The molecule has 2 rings (SSSR count). The largest absolute Gasteiger partial charge is 0.349 e. The molecule has 1 fully saturated rings. The molecule has 0 saturated carbocycles. The Balaban J connectivity index is 2.02. The summed E-state index contributed by atoms with van der Waals surface area (Å²) in [6.07, 6.45) is 0.936. The lowest BCUT2D eigenvalue weighted by molar-refractivity contribution is 0.0934. The van der Waals surface area contributed by atoms with Crippen LogP contribution in [0.1, 0.15) is 23.2 Å². The lowest BCUT2D eigenvalue weighted by Gasteiger charge is -2.23. The third-order valence-corrected chi connectivity index (χ3v) is 5.41. The number of nitrogens with one attached hydrogen (secondary N) is 1. The topological polar surface area (TPSA) is 63.2 Å². The molecule has 0 aliphatic carbocycles. The fourth-order valence-electron chi connectivity index (χ4n) is 1.99. The molecule has 1 N–H and O–H groups in total. The fourth-order valence-corrected chi connectivity index (χ4v) is 4.34. The van der Waals surface area contributed by atoms with Gasteiger partial charge in [-0.15, -0.1) is 0 Å². The lowest BCUT2D eigenvalue weighted by atomic mass is 10.1. The van der Waals surface area contributed by atoms with E-state index in [-0.39, 0.29) is 23.5 Å². The molecule has 1 amide bonds. The minimum absolute atomic E-state index is 0.0891. The number of amides is 1. The minimum atomic E-state index is -2.91. The Morgan fingerprint density at radius 1 is 1.26 bits per heavy atom. The standard InChI is InChI=1S/C12H13BrClNO3S/c13-9-5-8(6-10(14)7-9)12(16)15-11-1-3-19(17,18)4-2-11/h5-7,11H,1-4H2,(H,15,16). The van der Waals surface area contributed by atoms with Crippen molar-refractivity contribution in [2.24, 2.45) is 0 Å². The maximum Gasteiger partial charge on any atom is 0.251 e.